The Morgan fingerprint density at radius 1 is 1.16 bits per heavy atom. The molecule has 1 atom stereocenters. The van der Waals surface area contributed by atoms with Gasteiger partial charge in [0, 0.05) is 23.9 Å². The molecule has 1 unspecified atom stereocenters. The van der Waals surface area contributed by atoms with Gasteiger partial charge in [-0.05, 0) is 17.7 Å². The fourth-order valence-electron chi connectivity index (χ4n) is 2.56. The van der Waals surface area contributed by atoms with Gasteiger partial charge in [-0.25, -0.2) is 9.97 Å². The van der Waals surface area contributed by atoms with Gasteiger partial charge < -0.3 is 5.32 Å². The highest BCUT2D eigenvalue weighted by Gasteiger charge is 2.33. The second kappa shape index (κ2) is 9.13. The Morgan fingerprint density at radius 3 is 2.55 bits per heavy atom. The predicted molar refractivity (Wildman–Crippen MR) is 108 cm³/mol. The van der Waals surface area contributed by atoms with Crippen LogP contribution >= 0.6 is 11.3 Å². The summed E-state index contributed by atoms with van der Waals surface area (Å²) in [5, 5.41) is 2.59. The molecule has 0 bridgehead atoms. The first-order valence-corrected chi connectivity index (χ1v) is 9.74. The second-order valence-corrected chi connectivity index (χ2v) is 7.58. The number of nitrogens with one attached hydrogen (secondary N) is 1. The summed E-state index contributed by atoms with van der Waals surface area (Å²) in [5.74, 6) is -1.05. The van der Waals surface area contributed by atoms with Gasteiger partial charge in [0.1, 0.15) is 15.7 Å². The van der Waals surface area contributed by atoms with Gasteiger partial charge in [-0.3, -0.25) is 19.6 Å². The minimum absolute atomic E-state index is 0.108. The van der Waals surface area contributed by atoms with Gasteiger partial charge in [-0.1, -0.05) is 13.5 Å². The monoisotopic (exact) mass is 447 g/mol. The quantitative estimate of drug-likeness (QED) is 0.549. The summed E-state index contributed by atoms with van der Waals surface area (Å²) in [5.41, 5.74) is 1.65. The molecule has 0 aliphatic heterocycles. The van der Waals surface area contributed by atoms with Gasteiger partial charge in [0.2, 0.25) is 5.91 Å². The molecule has 0 aromatic carbocycles. The molecule has 0 radical (unpaired) electrons. The van der Waals surface area contributed by atoms with Crippen molar-refractivity contribution in [3.8, 4) is 11.3 Å². The van der Waals surface area contributed by atoms with Crippen molar-refractivity contribution in [3.63, 3.8) is 0 Å². The van der Waals surface area contributed by atoms with E-state index in [-0.39, 0.29) is 23.0 Å². The van der Waals surface area contributed by atoms with Crippen molar-refractivity contribution in [2.45, 2.75) is 25.4 Å². The van der Waals surface area contributed by atoms with Gasteiger partial charge in [0.05, 0.1) is 30.7 Å². The van der Waals surface area contributed by atoms with E-state index in [1.54, 1.807) is 19.2 Å². The van der Waals surface area contributed by atoms with Crippen LogP contribution in [0.2, 0.25) is 0 Å². The molecule has 1 amide bonds. The van der Waals surface area contributed by atoms with Crippen LogP contribution < -0.4 is 5.32 Å². The van der Waals surface area contributed by atoms with Crippen LogP contribution in [0.25, 0.3) is 11.3 Å². The number of thiazole rings is 1. The molecule has 3 aromatic rings. The SMILES string of the molecule is C=CC(=O)Nc1cnc(-c2cncc(C(C)C(=O)Cc3ncc(C(F)(F)F)s3)c2)cn1. The maximum absolute atomic E-state index is 12.7. The normalized spacial score (nSPS) is 12.3. The lowest BCUT2D eigenvalue weighted by Crippen LogP contribution is -2.12. The minimum atomic E-state index is -4.48. The van der Waals surface area contributed by atoms with Crippen LogP contribution in [0.3, 0.4) is 0 Å². The molecule has 0 spiro atoms. The number of amides is 1. The second-order valence-electron chi connectivity index (χ2n) is 6.47. The fraction of sp³-hybridized carbons (Fsp3) is 0.200. The predicted octanol–water partition coefficient (Wildman–Crippen LogP) is 4.05. The number of aromatic nitrogens is 4. The van der Waals surface area contributed by atoms with Crippen molar-refractivity contribution < 1.29 is 22.8 Å². The van der Waals surface area contributed by atoms with Crippen LogP contribution in [0.1, 0.15) is 28.3 Å². The molecule has 7 nitrogen and oxygen atoms in total. The molecule has 0 fully saturated rings. The summed E-state index contributed by atoms with van der Waals surface area (Å²) in [4.78, 5) is 39.2. The number of carbonyl (C=O) groups is 2. The Morgan fingerprint density at radius 2 is 1.94 bits per heavy atom. The van der Waals surface area contributed by atoms with E-state index < -0.39 is 22.9 Å². The Kier molecular flexibility index (Phi) is 6.54. The number of nitrogens with zero attached hydrogens (tertiary/aromatic N) is 4. The number of pyridine rings is 1. The third-order valence-corrected chi connectivity index (χ3v) is 5.33. The fourth-order valence-corrected chi connectivity index (χ4v) is 3.36. The zero-order valence-electron chi connectivity index (χ0n) is 16.2. The number of rotatable bonds is 7. The standard InChI is InChI=1S/C20H16F3N5O2S/c1-3-18(30)28-17-10-25-14(8-26-17)13-4-12(6-24-7-13)11(2)15(29)5-19-27-9-16(31-19)20(21,22)23/h3-4,6-11H,1,5H2,2H3,(H,26,28,30). The van der Waals surface area contributed by atoms with Crippen LogP contribution in [0.4, 0.5) is 19.0 Å². The topological polar surface area (TPSA) is 97.7 Å². The maximum Gasteiger partial charge on any atom is 0.427 e. The van der Waals surface area contributed by atoms with Crippen molar-refractivity contribution in [3.05, 3.63) is 65.2 Å². The molecule has 1 N–H and O–H groups in total. The number of alkyl halides is 3. The number of hydrogen-bond acceptors (Lipinski definition) is 7. The number of Topliss-reactive ketones (excluding diaryl/α,β-unsaturated/α-hetero) is 1. The summed E-state index contributed by atoms with van der Waals surface area (Å²) < 4.78 is 38.1. The molecule has 0 saturated heterocycles. The third kappa shape index (κ3) is 5.57. The average molecular weight is 447 g/mol. The molecule has 0 aliphatic rings. The molecule has 3 rings (SSSR count). The van der Waals surface area contributed by atoms with Crippen LogP contribution in [-0.4, -0.2) is 31.6 Å². The third-order valence-electron chi connectivity index (χ3n) is 4.29. The average Bonchev–Trinajstić information content (AvgIpc) is 3.23. The van der Waals surface area contributed by atoms with Crippen molar-refractivity contribution >= 4 is 28.8 Å². The van der Waals surface area contributed by atoms with Crippen LogP contribution in [0.15, 0.2) is 49.7 Å². The van der Waals surface area contributed by atoms with Gasteiger partial charge in [-0.15, -0.1) is 11.3 Å². The van der Waals surface area contributed by atoms with Crippen molar-refractivity contribution in [1.82, 2.24) is 19.9 Å². The minimum Gasteiger partial charge on any atom is -0.306 e. The first-order valence-electron chi connectivity index (χ1n) is 8.92. The number of ketones is 1. The number of hydrogen-bond donors (Lipinski definition) is 1. The number of anilines is 1. The first kappa shape index (κ1) is 22.2. The summed E-state index contributed by atoms with van der Waals surface area (Å²) in [7, 11) is 0. The molecule has 3 aromatic heterocycles. The lowest BCUT2D eigenvalue weighted by molar-refractivity contribution is -0.134. The van der Waals surface area contributed by atoms with E-state index >= 15 is 0 Å². The highest BCUT2D eigenvalue weighted by molar-refractivity contribution is 7.11. The molecule has 31 heavy (non-hydrogen) atoms. The molecule has 0 saturated carbocycles. The molecule has 160 valence electrons. The first-order chi connectivity index (χ1) is 14.7. The highest BCUT2D eigenvalue weighted by Crippen LogP contribution is 2.34. The van der Waals surface area contributed by atoms with Crippen LogP contribution in [0.5, 0.6) is 0 Å². The van der Waals surface area contributed by atoms with E-state index in [2.05, 4.69) is 31.8 Å². The van der Waals surface area contributed by atoms with Crippen LogP contribution in [-0.2, 0) is 22.2 Å². The van der Waals surface area contributed by atoms with E-state index in [1.807, 2.05) is 0 Å². The largest absolute Gasteiger partial charge is 0.427 e. The van der Waals surface area contributed by atoms with Gasteiger partial charge in [-0.2, -0.15) is 13.2 Å². The van der Waals surface area contributed by atoms with Crippen molar-refractivity contribution in [1.29, 1.82) is 0 Å². The lowest BCUT2D eigenvalue weighted by Gasteiger charge is -2.11. The molecule has 0 aliphatic carbocycles. The Bertz CT molecular complexity index is 1110. The smallest absolute Gasteiger partial charge is 0.306 e. The molecular weight excluding hydrogens is 431 g/mol. The molecule has 3 heterocycles. The van der Waals surface area contributed by atoms with Gasteiger partial charge in [0.15, 0.2) is 5.82 Å². The van der Waals surface area contributed by atoms with E-state index in [1.165, 1.54) is 18.6 Å². The highest BCUT2D eigenvalue weighted by atomic mass is 32.1. The lowest BCUT2D eigenvalue weighted by atomic mass is 9.95. The number of carbonyl (C=O) groups excluding carboxylic acids is 2. The summed E-state index contributed by atoms with van der Waals surface area (Å²) in [6.45, 7) is 5.00. The maximum atomic E-state index is 12.7. The van der Waals surface area contributed by atoms with Gasteiger partial charge in [0.25, 0.3) is 0 Å². The Labute approximate surface area is 179 Å². The Balaban J connectivity index is 1.73. The summed E-state index contributed by atoms with van der Waals surface area (Å²) in [6.07, 6.45) is 3.04. The van der Waals surface area contributed by atoms with Crippen molar-refractivity contribution in [2.24, 2.45) is 0 Å². The summed E-state index contributed by atoms with van der Waals surface area (Å²) >= 11 is 0.461. The zero-order valence-corrected chi connectivity index (χ0v) is 17.0. The van der Waals surface area contributed by atoms with Crippen LogP contribution in [0, 0.1) is 0 Å². The van der Waals surface area contributed by atoms with E-state index in [4.69, 9.17) is 0 Å². The summed E-state index contributed by atoms with van der Waals surface area (Å²) in [6, 6.07) is 1.71. The Hall–Kier alpha value is -3.47. The van der Waals surface area contributed by atoms with Gasteiger partial charge >= 0.3 is 6.18 Å². The van der Waals surface area contributed by atoms with Crippen molar-refractivity contribution in [2.75, 3.05) is 5.32 Å². The van der Waals surface area contributed by atoms with E-state index in [0.717, 1.165) is 12.3 Å². The number of halogens is 3. The molecule has 11 heteroatoms. The molecular formula is C20H16F3N5O2S. The van der Waals surface area contributed by atoms with E-state index in [9.17, 15) is 22.8 Å². The van der Waals surface area contributed by atoms with E-state index in [0.29, 0.717) is 28.2 Å². The zero-order chi connectivity index (χ0) is 22.6.